The van der Waals surface area contributed by atoms with Gasteiger partial charge in [-0.25, -0.2) is 9.67 Å². The minimum atomic E-state index is 0.182. The molecule has 1 aromatic carbocycles. The Morgan fingerprint density at radius 3 is 2.87 bits per heavy atom. The van der Waals surface area contributed by atoms with Crippen molar-refractivity contribution in [3.63, 3.8) is 0 Å². The van der Waals surface area contributed by atoms with Crippen LogP contribution >= 0.6 is 15.9 Å². The van der Waals surface area contributed by atoms with E-state index in [9.17, 15) is 0 Å². The van der Waals surface area contributed by atoms with E-state index in [-0.39, 0.29) is 5.95 Å². The number of nitriles is 1. The summed E-state index contributed by atoms with van der Waals surface area (Å²) >= 11 is 3.29. The van der Waals surface area contributed by atoms with E-state index in [1.165, 1.54) is 11.0 Å². The zero-order valence-corrected chi connectivity index (χ0v) is 9.14. The molecule has 1 heterocycles. The van der Waals surface area contributed by atoms with Gasteiger partial charge in [-0.2, -0.15) is 5.26 Å². The van der Waals surface area contributed by atoms with Crippen molar-refractivity contribution in [1.29, 1.82) is 5.26 Å². The number of halogens is 1. The van der Waals surface area contributed by atoms with Crippen molar-refractivity contribution in [3.05, 3.63) is 34.6 Å². The summed E-state index contributed by atoms with van der Waals surface area (Å²) < 4.78 is 2.32. The third-order valence-electron chi connectivity index (χ3n) is 1.84. The first-order chi connectivity index (χ1) is 7.20. The SMILES string of the molecule is N#Cc1cc(Br)ccc1-n1cnc(N)n1. The topological polar surface area (TPSA) is 80.5 Å². The summed E-state index contributed by atoms with van der Waals surface area (Å²) in [6, 6.07) is 7.40. The van der Waals surface area contributed by atoms with Crippen molar-refractivity contribution in [1.82, 2.24) is 14.8 Å². The van der Waals surface area contributed by atoms with Gasteiger partial charge in [-0.1, -0.05) is 15.9 Å². The molecule has 0 atom stereocenters. The minimum Gasteiger partial charge on any atom is -0.366 e. The van der Waals surface area contributed by atoms with Crippen molar-refractivity contribution in [2.45, 2.75) is 0 Å². The van der Waals surface area contributed by atoms with E-state index in [0.29, 0.717) is 11.3 Å². The van der Waals surface area contributed by atoms with Crippen LogP contribution in [0.25, 0.3) is 5.69 Å². The molecule has 2 N–H and O–H groups in total. The van der Waals surface area contributed by atoms with Gasteiger partial charge in [-0.05, 0) is 18.2 Å². The summed E-state index contributed by atoms with van der Waals surface area (Å²) in [6.45, 7) is 0. The van der Waals surface area contributed by atoms with Crippen LogP contribution in [0.1, 0.15) is 5.56 Å². The smallest absolute Gasteiger partial charge is 0.239 e. The zero-order valence-electron chi connectivity index (χ0n) is 7.55. The first kappa shape index (κ1) is 9.68. The molecule has 0 aliphatic carbocycles. The molecule has 2 aromatic rings. The monoisotopic (exact) mass is 263 g/mol. The van der Waals surface area contributed by atoms with E-state index >= 15 is 0 Å². The van der Waals surface area contributed by atoms with Gasteiger partial charge in [0.15, 0.2) is 0 Å². The van der Waals surface area contributed by atoms with Crippen LogP contribution in [0.15, 0.2) is 29.0 Å². The number of rotatable bonds is 1. The summed E-state index contributed by atoms with van der Waals surface area (Å²) in [5, 5.41) is 12.9. The molecule has 0 fully saturated rings. The molecule has 0 bridgehead atoms. The van der Waals surface area contributed by atoms with Crippen molar-refractivity contribution in [2.75, 3.05) is 5.73 Å². The maximum atomic E-state index is 8.95. The van der Waals surface area contributed by atoms with Crippen LogP contribution in [-0.2, 0) is 0 Å². The van der Waals surface area contributed by atoms with Crippen LogP contribution < -0.4 is 5.73 Å². The highest BCUT2D eigenvalue weighted by molar-refractivity contribution is 9.10. The first-order valence-electron chi connectivity index (χ1n) is 4.08. The Morgan fingerprint density at radius 2 is 2.27 bits per heavy atom. The lowest BCUT2D eigenvalue weighted by molar-refractivity contribution is 0.880. The average Bonchev–Trinajstić information content (AvgIpc) is 2.64. The molecule has 6 heteroatoms. The lowest BCUT2D eigenvalue weighted by Gasteiger charge is -2.02. The molecule has 0 saturated carbocycles. The fourth-order valence-electron chi connectivity index (χ4n) is 1.19. The number of nitrogen functional groups attached to an aromatic ring is 1. The first-order valence-corrected chi connectivity index (χ1v) is 4.87. The van der Waals surface area contributed by atoms with Crippen LogP contribution in [0.3, 0.4) is 0 Å². The maximum absolute atomic E-state index is 8.95. The third-order valence-corrected chi connectivity index (χ3v) is 2.33. The van der Waals surface area contributed by atoms with Crippen LogP contribution in [0.2, 0.25) is 0 Å². The fraction of sp³-hybridized carbons (Fsp3) is 0. The lowest BCUT2D eigenvalue weighted by atomic mass is 10.2. The summed E-state index contributed by atoms with van der Waals surface area (Å²) in [6.07, 6.45) is 1.47. The molecule has 0 amide bonds. The van der Waals surface area contributed by atoms with Gasteiger partial charge in [-0.15, -0.1) is 5.10 Å². The summed E-state index contributed by atoms with van der Waals surface area (Å²) in [4.78, 5) is 3.80. The molecule has 2 rings (SSSR count). The van der Waals surface area contributed by atoms with Crippen LogP contribution in [0.4, 0.5) is 5.95 Å². The number of anilines is 1. The summed E-state index contributed by atoms with van der Waals surface area (Å²) in [7, 11) is 0. The number of nitrogens with two attached hydrogens (primary N) is 1. The average molecular weight is 264 g/mol. The highest BCUT2D eigenvalue weighted by Crippen LogP contribution is 2.18. The van der Waals surface area contributed by atoms with E-state index in [2.05, 4.69) is 32.1 Å². The second kappa shape index (κ2) is 3.71. The lowest BCUT2D eigenvalue weighted by Crippen LogP contribution is -1.99. The molecule has 0 aliphatic heterocycles. The van der Waals surface area contributed by atoms with E-state index in [1.54, 1.807) is 12.1 Å². The number of nitrogens with zero attached hydrogens (tertiary/aromatic N) is 4. The standard InChI is InChI=1S/C9H6BrN5/c10-7-1-2-8(6(3-7)4-11)15-5-13-9(12)14-15/h1-3,5H,(H2,12,14). The molecule has 74 valence electrons. The van der Waals surface area contributed by atoms with Gasteiger partial charge in [0, 0.05) is 4.47 Å². The Bertz CT molecular complexity index is 540. The van der Waals surface area contributed by atoms with Crippen LogP contribution in [0.5, 0.6) is 0 Å². The largest absolute Gasteiger partial charge is 0.366 e. The minimum absolute atomic E-state index is 0.182. The van der Waals surface area contributed by atoms with E-state index in [1.807, 2.05) is 6.07 Å². The van der Waals surface area contributed by atoms with Crippen molar-refractivity contribution >= 4 is 21.9 Å². The number of hydrogen-bond donors (Lipinski definition) is 1. The van der Waals surface area contributed by atoms with E-state index < -0.39 is 0 Å². The van der Waals surface area contributed by atoms with Gasteiger partial charge in [0.25, 0.3) is 0 Å². The van der Waals surface area contributed by atoms with E-state index in [4.69, 9.17) is 11.0 Å². The van der Waals surface area contributed by atoms with Gasteiger partial charge in [-0.3, -0.25) is 0 Å². The molecular weight excluding hydrogens is 258 g/mol. The predicted octanol–water partition coefficient (Wildman–Crippen LogP) is 1.48. The Morgan fingerprint density at radius 1 is 1.47 bits per heavy atom. The third kappa shape index (κ3) is 1.82. The zero-order chi connectivity index (χ0) is 10.8. The van der Waals surface area contributed by atoms with Crippen molar-refractivity contribution in [3.8, 4) is 11.8 Å². The molecule has 5 nitrogen and oxygen atoms in total. The molecule has 0 unspecified atom stereocenters. The summed E-state index contributed by atoms with van der Waals surface area (Å²) in [5.41, 5.74) is 6.57. The molecule has 15 heavy (non-hydrogen) atoms. The second-order valence-electron chi connectivity index (χ2n) is 2.82. The van der Waals surface area contributed by atoms with Gasteiger partial charge in [0.2, 0.25) is 5.95 Å². The van der Waals surface area contributed by atoms with Crippen molar-refractivity contribution in [2.24, 2.45) is 0 Å². The molecule has 0 saturated heterocycles. The molecule has 0 spiro atoms. The predicted molar refractivity (Wildman–Crippen MR) is 58.2 cm³/mol. The van der Waals surface area contributed by atoms with Crippen molar-refractivity contribution < 1.29 is 0 Å². The van der Waals surface area contributed by atoms with Crippen LogP contribution in [-0.4, -0.2) is 14.8 Å². The Labute approximate surface area is 94.3 Å². The Kier molecular flexibility index (Phi) is 2.39. The summed E-state index contributed by atoms with van der Waals surface area (Å²) in [5.74, 6) is 0.182. The molecule has 0 radical (unpaired) electrons. The van der Waals surface area contributed by atoms with Gasteiger partial charge in [0.1, 0.15) is 12.4 Å². The number of aromatic nitrogens is 3. The van der Waals surface area contributed by atoms with Gasteiger partial charge < -0.3 is 5.73 Å². The highest BCUT2D eigenvalue weighted by atomic mass is 79.9. The maximum Gasteiger partial charge on any atom is 0.239 e. The molecular formula is C9H6BrN5. The number of hydrogen-bond acceptors (Lipinski definition) is 4. The highest BCUT2D eigenvalue weighted by Gasteiger charge is 2.06. The Balaban J connectivity index is 2.58. The number of benzene rings is 1. The molecule has 1 aromatic heterocycles. The normalized spacial score (nSPS) is 9.87. The quantitative estimate of drug-likeness (QED) is 0.845. The van der Waals surface area contributed by atoms with Crippen LogP contribution in [0, 0.1) is 11.3 Å². The molecule has 0 aliphatic rings. The fourth-order valence-corrected chi connectivity index (χ4v) is 1.55. The van der Waals surface area contributed by atoms with E-state index in [0.717, 1.165) is 4.47 Å². The van der Waals surface area contributed by atoms with Gasteiger partial charge in [0.05, 0.1) is 11.3 Å². The Hall–Kier alpha value is -1.87. The van der Waals surface area contributed by atoms with Gasteiger partial charge >= 0.3 is 0 Å². The second-order valence-corrected chi connectivity index (χ2v) is 3.74.